The third-order valence-electron chi connectivity index (χ3n) is 1.72. The molecule has 0 bridgehead atoms. The average Bonchev–Trinajstić information content (AvgIpc) is 2.73. The molecular weight excluding hydrogens is 251 g/mol. The zero-order chi connectivity index (χ0) is 11.5. The highest BCUT2D eigenvalue weighted by Crippen LogP contribution is 2.30. The Kier molecular flexibility index (Phi) is 3.16. The van der Waals surface area contributed by atoms with Gasteiger partial charge in [0.2, 0.25) is 0 Å². The molecule has 0 saturated carbocycles. The fourth-order valence-electron chi connectivity index (χ4n) is 1.02. The first-order valence-corrected chi connectivity index (χ1v) is 5.73. The molecule has 0 atom stereocenters. The first-order chi connectivity index (χ1) is 7.66. The molecule has 0 fully saturated rings. The van der Waals surface area contributed by atoms with Crippen molar-refractivity contribution in [2.45, 2.75) is 9.24 Å². The highest BCUT2D eigenvalue weighted by Gasteiger charge is 2.10. The molecule has 1 aromatic carbocycles. The van der Waals surface area contributed by atoms with Gasteiger partial charge in [-0.2, -0.15) is 4.37 Å². The number of benzene rings is 1. The highest BCUT2D eigenvalue weighted by atomic mass is 32.2. The number of aromatic carboxylic acids is 1. The van der Waals surface area contributed by atoms with Crippen molar-refractivity contribution in [2.24, 2.45) is 0 Å². The van der Waals surface area contributed by atoms with Crippen LogP contribution in [0.3, 0.4) is 0 Å². The molecule has 82 valence electrons. The molecule has 2 aromatic rings. The van der Waals surface area contributed by atoms with Crippen LogP contribution in [-0.2, 0) is 0 Å². The number of carboxylic acids is 1. The molecule has 0 amide bonds. The first kappa shape index (κ1) is 11.0. The molecule has 0 aliphatic rings. The van der Waals surface area contributed by atoms with E-state index in [0.717, 1.165) is 29.4 Å². The summed E-state index contributed by atoms with van der Waals surface area (Å²) < 4.78 is 17.7. The Morgan fingerprint density at radius 2 is 2.31 bits per heavy atom. The lowest BCUT2D eigenvalue weighted by Gasteiger charge is -2.01. The smallest absolute Gasteiger partial charge is 0.335 e. The molecule has 2 rings (SSSR count). The van der Waals surface area contributed by atoms with Gasteiger partial charge in [-0.3, -0.25) is 0 Å². The summed E-state index contributed by atoms with van der Waals surface area (Å²) in [5.74, 6) is -1.55. The van der Waals surface area contributed by atoms with E-state index in [4.69, 9.17) is 5.11 Å². The van der Waals surface area contributed by atoms with Crippen LogP contribution in [0, 0.1) is 5.82 Å². The summed E-state index contributed by atoms with van der Waals surface area (Å²) in [6.45, 7) is 0. The number of carbonyl (C=O) groups is 1. The van der Waals surface area contributed by atoms with E-state index in [1.165, 1.54) is 18.5 Å². The van der Waals surface area contributed by atoms with Gasteiger partial charge in [0.15, 0.2) is 4.34 Å². The maximum Gasteiger partial charge on any atom is 0.335 e. The van der Waals surface area contributed by atoms with E-state index in [1.807, 2.05) is 0 Å². The highest BCUT2D eigenvalue weighted by molar-refractivity contribution is 8.01. The van der Waals surface area contributed by atoms with Crippen LogP contribution >= 0.6 is 23.3 Å². The summed E-state index contributed by atoms with van der Waals surface area (Å²) >= 11 is 2.19. The van der Waals surface area contributed by atoms with Gasteiger partial charge in [-0.1, -0.05) is 11.8 Å². The molecule has 1 N–H and O–H groups in total. The minimum Gasteiger partial charge on any atom is -0.478 e. The van der Waals surface area contributed by atoms with Crippen molar-refractivity contribution in [1.82, 2.24) is 9.36 Å². The van der Waals surface area contributed by atoms with E-state index < -0.39 is 11.8 Å². The minimum absolute atomic E-state index is 0.0495. The molecule has 0 unspecified atom stereocenters. The first-order valence-electron chi connectivity index (χ1n) is 4.14. The molecule has 16 heavy (non-hydrogen) atoms. The molecule has 0 aliphatic carbocycles. The van der Waals surface area contributed by atoms with E-state index in [-0.39, 0.29) is 10.5 Å². The van der Waals surface area contributed by atoms with Crippen LogP contribution in [0.25, 0.3) is 0 Å². The molecule has 0 spiro atoms. The van der Waals surface area contributed by atoms with Crippen LogP contribution in [0.2, 0.25) is 0 Å². The number of hydrogen-bond donors (Lipinski definition) is 1. The van der Waals surface area contributed by atoms with E-state index in [1.54, 1.807) is 0 Å². The Labute approximate surface area is 98.3 Å². The third kappa shape index (κ3) is 2.37. The lowest BCUT2D eigenvalue weighted by atomic mass is 10.2. The van der Waals surface area contributed by atoms with Crippen LogP contribution in [0.5, 0.6) is 0 Å². The molecule has 7 heteroatoms. The predicted octanol–water partition coefficient (Wildman–Crippen LogP) is 2.53. The van der Waals surface area contributed by atoms with Gasteiger partial charge < -0.3 is 5.11 Å². The van der Waals surface area contributed by atoms with Crippen LogP contribution in [0.1, 0.15) is 10.4 Å². The normalized spacial score (nSPS) is 10.3. The van der Waals surface area contributed by atoms with Gasteiger partial charge in [0, 0.05) is 0 Å². The van der Waals surface area contributed by atoms with Gasteiger partial charge in [0.05, 0.1) is 10.5 Å². The summed E-state index contributed by atoms with van der Waals surface area (Å²) in [5, 5.41) is 8.77. The second-order valence-electron chi connectivity index (χ2n) is 2.76. The lowest BCUT2D eigenvalue weighted by molar-refractivity contribution is 0.0696. The number of rotatable bonds is 3. The van der Waals surface area contributed by atoms with Gasteiger partial charge in [0.1, 0.15) is 12.1 Å². The molecular formula is C9H5FN2O2S2. The Morgan fingerprint density at radius 3 is 2.94 bits per heavy atom. The monoisotopic (exact) mass is 256 g/mol. The molecule has 4 nitrogen and oxygen atoms in total. The summed E-state index contributed by atoms with van der Waals surface area (Å²) in [5.41, 5.74) is 0.0495. The Hall–Kier alpha value is -1.47. The third-order valence-corrected chi connectivity index (χ3v) is 3.46. The number of hydrogen-bond acceptors (Lipinski definition) is 5. The van der Waals surface area contributed by atoms with Crippen molar-refractivity contribution in [3.8, 4) is 0 Å². The van der Waals surface area contributed by atoms with Crippen LogP contribution in [0.15, 0.2) is 33.8 Å². The Balaban J connectivity index is 2.32. The quantitative estimate of drug-likeness (QED) is 0.914. The average molecular weight is 256 g/mol. The maximum atomic E-state index is 13.4. The number of aromatic nitrogens is 2. The van der Waals surface area contributed by atoms with E-state index in [9.17, 15) is 9.18 Å². The fraction of sp³-hybridized carbons (Fsp3) is 0. The topological polar surface area (TPSA) is 63.1 Å². The number of carboxylic acid groups (broad SMARTS) is 1. The second kappa shape index (κ2) is 4.58. The van der Waals surface area contributed by atoms with E-state index in [2.05, 4.69) is 9.36 Å². The van der Waals surface area contributed by atoms with E-state index in [0.29, 0.717) is 4.34 Å². The molecule has 0 radical (unpaired) electrons. The fourth-order valence-corrected chi connectivity index (χ4v) is 2.48. The number of halogens is 1. The van der Waals surface area contributed by atoms with Gasteiger partial charge in [-0.15, -0.1) is 0 Å². The second-order valence-corrected chi connectivity index (χ2v) is 4.83. The molecule has 1 heterocycles. The van der Waals surface area contributed by atoms with E-state index >= 15 is 0 Å². The Bertz CT molecular complexity index is 516. The van der Waals surface area contributed by atoms with Gasteiger partial charge >= 0.3 is 5.97 Å². The molecule has 0 aliphatic heterocycles. The predicted molar refractivity (Wildman–Crippen MR) is 57.4 cm³/mol. The van der Waals surface area contributed by atoms with Gasteiger partial charge in [-0.05, 0) is 29.7 Å². The molecule has 1 aromatic heterocycles. The minimum atomic E-state index is -1.08. The summed E-state index contributed by atoms with van der Waals surface area (Å²) in [4.78, 5) is 14.8. The van der Waals surface area contributed by atoms with Crippen LogP contribution < -0.4 is 0 Å². The Morgan fingerprint density at radius 1 is 1.50 bits per heavy atom. The SMILES string of the molecule is O=C(O)c1ccc(F)c(Sc2ncns2)c1. The van der Waals surface area contributed by atoms with Crippen molar-refractivity contribution in [2.75, 3.05) is 0 Å². The lowest BCUT2D eigenvalue weighted by Crippen LogP contribution is -1.96. The van der Waals surface area contributed by atoms with Crippen molar-refractivity contribution in [1.29, 1.82) is 0 Å². The summed E-state index contributed by atoms with van der Waals surface area (Å²) in [6, 6.07) is 3.64. The maximum absolute atomic E-state index is 13.4. The van der Waals surface area contributed by atoms with Crippen molar-refractivity contribution < 1.29 is 14.3 Å². The zero-order valence-corrected chi connectivity index (χ0v) is 9.39. The van der Waals surface area contributed by atoms with Crippen LogP contribution in [0.4, 0.5) is 4.39 Å². The van der Waals surface area contributed by atoms with Gasteiger partial charge in [0.25, 0.3) is 0 Å². The standard InChI is InChI=1S/C9H5FN2O2S2/c10-6-2-1-5(8(13)14)3-7(6)15-9-11-4-12-16-9/h1-4H,(H,13,14). The largest absolute Gasteiger partial charge is 0.478 e. The van der Waals surface area contributed by atoms with Crippen molar-refractivity contribution in [3.63, 3.8) is 0 Å². The number of nitrogens with zero attached hydrogens (tertiary/aromatic N) is 2. The van der Waals surface area contributed by atoms with Gasteiger partial charge in [-0.25, -0.2) is 14.2 Å². The zero-order valence-electron chi connectivity index (χ0n) is 7.75. The molecule has 0 saturated heterocycles. The summed E-state index contributed by atoms with van der Waals surface area (Å²) in [6.07, 6.45) is 1.37. The van der Waals surface area contributed by atoms with Crippen LogP contribution in [-0.4, -0.2) is 20.4 Å². The van der Waals surface area contributed by atoms with Crippen molar-refractivity contribution in [3.05, 3.63) is 35.9 Å². The summed E-state index contributed by atoms with van der Waals surface area (Å²) in [7, 11) is 0. The van der Waals surface area contributed by atoms with Crippen molar-refractivity contribution >= 4 is 29.3 Å².